The molecule has 4 aromatic heterocycles. The number of pyridine rings is 2. The first-order chi connectivity index (χ1) is 17.0. The van der Waals surface area contributed by atoms with E-state index in [0.29, 0.717) is 18.7 Å². The molecule has 1 unspecified atom stereocenters. The van der Waals surface area contributed by atoms with Gasteiger partial charge < -0.3 is 9.80 Å². The summed E-state index contributed by atoms with van der Waals surface area (Å²) in [5, 5.41) is 18.3. The van der Waals surface area contributed by atoms with E-state index < -0.39 is 0 Å². The number of hydrogen-bond acceptors (Lipinski definition) is 6. The Labute approximate surface area is 203 Å². The summed E-state index contributed by atoms with van der Waals surface area (Å²) < 4.78 is 3.55. The van der Waals surface area contributed by atoms with Crippen LogP contribution < -0.4 is 4.90 Å². The molecule has 9 nitrogen and oxygen atoms in total. The van der Waals surface area contributed by atoms with Gasteiger partial charge in [0.15, 0.2) is 0 Å². The SMILES string of the molecule is C=CC(C)C(=O)N1CCN(c2ccc(-c3cc(-c4ccnn4C)cn4ncc(C#N)c34)cn2)CC1. The van der Waals surface area contributed by atoms with Crippen molar-refractivity contribution in [3.63, 3.8) is 0 Å². The van der Waals surface area contributed by atoms with Crippen molar-refractivity contribution >= 4 is 17.2 Å². The van der Waals surface area contributed by atoms with Crippen LogP contribution in [0.2, 0.25) is 0 Å². The van der Waals surface area contributed by atoms with Gasteiger partial charge >= 0.3 is 0 Å². The number of anilines is 1. The molecule has 0 bridgehead atoms. The Kier molecular flexibility index (Phi) is 5.79. The summed E-state index contributed by atoms with van der Waals surface area (Å²) >= 11 is 0. The maximum absolute atomic E-state index is 12.4. The highest BCUT2D eigenvalue weighted by molar-refractivity contribution is 5.87. The average Bonchev–Trinajstić information content (AvgIpc) is 3.53. The molecule has 0 spiro atoms. The number of piperazine rings is 1. The number of aromatic nitrogens is 5. The predicted molar refractivity (Wildman–Crippen MR) is 133 cm³/mol. The molecule has 1 aliphatic heterocycles. The average molecular weight is 467 g/mol. The van der Waals surface area contributed by atoms with E-state index in [1.54, 1.807) is 27.7 Å². The zero-order chi connectivity index (χ0) is 24.5. The van der Waals surface area contributed by atoms with Crippen molar-refractivity contribution < 1.29 is 4.79 Å². The van der Waals surface area contributed by atoms with E-state index in [0.717, 1.165) is 46.8 Å². The van der Waals surface area contributed by atoms with Gasteiger partial charge in [0.1, 0.15) is 11.9 Å². The monoisotopic (exact) mass is 466 g/mol. The molecule has 0 radical (unpaired) electrons. The van der Waals surface area contributed by atoms with Crippen molar-refractivity contribution in [3.05, 3.63) is 67.3 Å². The van der Waals surface area contributed by atoms with E-state index in [9.17, 15) is 10.1 Å². The van der Waals surface area contributed by atoms with Crippen LogP contribution in [0.3, 0.4) is 0 Å². The minimum Gasteiger partial charge on any atom is -0.353 e. The Morgan fingerprint density at radius 1 is 1.14 bits per heavy atom. The third-order valence-corrected chi connectivity index (χ3v) is 6.57. The molecule has 0 aliphatic carbocycles. The van der Waals surface area contributed by atoms with Crippen LogP contribution in [-0.2, 0) is 11.8 Å². The summed E-state index contributed by atoms with van der Waals surface area (Å²) in [5.74, 6) is 0.819. The Morgan fingerprint density at radius 2 is 1.94 bits per heavy atom. The fraction of sp³-hybridized carbons (Fsp3) is 0.269. The summed E-state index contributed by atoms with van der Waals surface area (Å²) in [4.78, 5) is 21.2. The third kappa shape index (κ3) is 4.04. The molecule has 4 aromatic rings. The van der Waals surface area contributed by atoms with Crippen LogP contribution in [-0.4, -0.2) is 61.4 Å². The van der Waals surface area contributed by atoms with Crippen LogP contribution >= 0.6 is 0 Å². The molecule has 5 rings (SSSR count). The second kappa shape index (κ2) is 9.06. The van der Waals surface area contributed by atoms with Gasteiger partial charge in [0.25, 0.3) is 0 Å². The van der Waals surface area contributed by atoms with E-state index in [1.807, 2.05) is 49.5 Å². The molecule has 1 aliphatic rings. The number of carbonyl (C=O) groups is 1. The van der Waals surface area contributed by atoms with E-state index in [2.05, 4.69) is 33.8 Å². The van der Waals surface area contributed by atoms with Gasteiger partial charge in [0.05, 0.1) is 28.9 Å². The maximum atomic E-state index is 12.4. The molecule has 1 fully saturated rings. The lowest BCUT2D eigenvalue weighted by Gasteiger charge is -2.36. The summed E-state index contributed by atoms with van der Waals surface area (Å²) in [5.41, 5.74) is 4.93. The number of amides is 1. The smallest absolute Gasteiger partial charge is 0.229 e. The van der Waals surface area contributed by atoms with Gasteiger partial charge in [-0.1, -0.05) is 13.0 Å². The van der Waals surface area contributed by atoms with Crippen LogP contribution in [0.15, 0.2) is 61.7 Å². The van der Waals surface area contributed by atoms with Crippen LogP contribution in [0.1, 0.15) is 12.5 Å². The number of hydrogen-bond donors (Lipinski definition) is 0. The maximum Gasteiger partial charge on any atom is 0.229 e. The summed E-state index contributed by atoms with van der Waals surface area (Å²) in [6.45, 7) is 8.38. The molecule has 9 heteroatoms. The fourth-order valence-electron chi connectivity index (χ4n) is 4.50. The Hall–Kier alpha value is -4.45. The number of nitrogens with zero attached hydrogens (tertiary/aromatic N) is 8. The molecule has 0 aromatic carbocycles. The summed E-state index contributed by atoms with van der Waals surface area (Å²) in [6.07, 6.45) is 8.77. The quantitative estimate of drug-likeness (QED) is 0.420. The van der Waals surface area contributed by atoms with Crippen LogP contribution in [0.25, 0.3) is 27.9 Å². The van der Waals surface area contributed by atoms with E-state index in [4.69, 9.17) is 4.98 Å². The van der Waals surface area contributed by atoms with Crippen molar-refractivity contribution in [2.24, 2.45) is 13.0 Å². The highest BCUT2D eigenvalue weighted by Crippen LogP contribution is 2.32. The Morgan fingerprint density at radius 3 is 2.57 bits per heavy atom. The van der Waals surface area contributed by atoms with Gasteiger partial charge in [-0.15, -0.1) is 6.58 Å². The minimum atomic E-state index is -0.167. The van der Waals surface area contributed by atoms with Crippen molar-refractivity contribution in [3.8, 4) is 28.5 Å². The van der Waals surface area contributed by atoms with Crippen molar-refractivity contribution in [2.75, 3.05) is 31.1 Å². The molecule has 1 atom stereocenters. The zero-order valence-corrected chi connectivity index (χ0v) is 19.8. The molecule has 1 saturated heterocycles. The molecular formula is C26H26N8O. The van der Waals surface area contributed by atoms with Gasteiger partial charge in [-0.3, -0.25) is 9.48 Å². The van der Waals surface area contributed by atoms with Crippen molar-refractivity contribution in [2.45, 2.75) is 6.92 Å². The van der Waals surface area contributed by atoms with Gasteiger partial charge in [-0.25, -0.2) is 9.50 Å². The predicted octanol–water partition coefficient (Wildman–Crippen LogP) is 3.14. The molecule has 5 heterocycles. The normalized spacial score (nSPS) is 14.7. The Bertz CT molecular complexity index is 1430. The zero-order valence-electron chi connectivity index (χ0n) is 19.8. The number of aryl methyl sites for hydroxylation is 1. The molecule has 0 N–H and O–H groups in total. The van der Waals surface area contributed by atoms with E-state index in [-0.39, 0.29) is 11.8 Å². The Balaban J connectivity index is 1.44. The highest BCUT2D eigenvalue weighted by atomic mass is 16.2. The number of nitriles is 1. The van der Waals surface area contributed by atoms with Crippen molar-refractivity contribution in [1.82, 2.24) is 29.3 Å². The molecule has 176 valence electrons. The van der Waals surface area contributed by atoms with Gasteiger partial charge in [0, 0.05) is 68.5 Å². The first-order valence-electron chi connectivity index (χ1n) is 11.5. The first kappa shape index (κ1) is 22.3. The number of carbonyl (C=O) groups excluding carboxylic acids is 1. The van der Waals surface area contributed by atoms with Gasteiger partial charge in [0.2, 0.25) is 5.91 Å². The first-order valence-corrected chi connectivity index (χ1v) is 11.5. The highest BCUT2D eigenvalue weighted by Gasteiger charge is 2.24. The fourth-order valence-corrected chi connectivity index (χ4v) is 4.50. The van der Waals surface area contributed by atoms with Gasteiger partial charge in [-0.05, 0) is 24.3 Å². The van der Waals surface area contributed by atoms with E-state index in [1.165, 1.54) is 0 Å². The standard InChI is InChI=1S/C26H26N8O/c1-4-18(2)26(35)33-11-9-32(10-12-33)24-6-5-19(15-28-24)22-13-20(23-7-8-29-31(23)3)17-34-25(22)21(14-27)16-30-34/h4-8,13,15-18H,1,9-12H2,2-3H3. The third-order valence-electron chi connectivity index (χ3n) is 6.57. The van der Waals surface area contributed by atoms with Crippen LogP contribution in [0.4, 0.5) is 5.82 Å². The van der Waals surface area contributed by atoms with Crippen LogP contribution in [0, 0.1) is 17.2 Å². The lowest BCUT2D eigenvalue weighted by atomic mass is 10.0. The summed E-state index contributed by atoms with van der Waals surface area (Å²) in [7, 11) is 1.89. The molecule has 1 amide bonds. The van der Waals surface area contributed by atoms with Crippen LogP contribution in [0.5, 0.6) is 0 Å². The van der Waals surface area contributed by atoms with E-state index >= 15 is 0 Å². The largest absolute Gasteiger partial charge is 0.353 e. The lowest BCUT2D eigenvalue weighted by molar-refractivity contribution is -0.133. The number of rotatable bonds is 5. The van der Waals surface area contributed by atoms with Gasteiger partial charge in [-0.2, -0.15) is 15.5 Å². The molecule has 0 saturated carbocycles. The van der Waals surface area contributed by atoms with Crippen molar-refractivity contribution in [1.29, 1.82) is 5.26 Å². The second-order valence-electron chi connectivity index (χ2n) is 8.69. The topological polar surface area (TPSA) is 95.4 Å². The molecule has 35 heavy (non-hydrogen) atoms. The number of fused-ring (bicyclic) bond motifs is 1. The second-order valence-corrected chi connectivity index (χ2v) is 8.69. The molecular weight excluding hydrogens is 440 g/mol. The lowest BCUT2D eigenvalue weighted by Crippen LogP contribution is -2.50. The minimum absolute atomic E-state index is 0.120. The summed E-state index contributed by atoms with van der Waals surface area (Å²) in [6, 6.07) is 10.3.